The van der Waals surface area contributed by atoms with Crippen molar-refractivity contribution >= 4 is 45.4 Å². The van der Waals surface area contributed by atoms with Crippen molar-refractivity contribution in [1.82, 2.24) is 10.9 Å². The van der Waals surface area contributed by atoms with Gasteiger partial charge in [-0.3, -0.25) is 10.2 Å². The number of hydrogen-bond donors (Lipinski definition) is 5. The summed E-state index contributed by atoms with van der Waals surface area (Å²) in [6, 6.07) is 3.04. The van der Waals surface area contributed by atoms with E-state index < -0.39 is 11.5 Å². The van der Waals surface area contributed by atoms with Crippen LogP contribution in [0.1, 0.15) is 28.1 Å². The van der Waals surface area contributed by atoms with Crippen LogP contribution in [-0.4, -0.2) is 5.91 Å². The highest BCUT2D eigenvalue weighted by atomic mass is 32.1. The molecule has 10 heteroatoms. The standard InChI is InChI=1S/C15H14N6O3S/c16-5-6-12(18)13(25-14(6)19)15(23)21-20-8-2-1-3-9-11(8)7(17)4-10(22)24-9/h3-4,20H,1-2,17-19H2,(H,21,23). The highest BCUT2D eigenvalue weighted by Gasteiger charge is 2.20. The fraction of sp³-hybridized carbons (Fsp3) is 0.133. The Balaban J connectivity index is 1.91. The third-order valence-electron chi connectivity index (χ3n) is 3.66. The maximum Gasteiger partial charge on any atom is 0.338 e. The van der Waals surface area contributed by atoms with Crippen molar-refractivity contribution in [3.8, 4) is 6.07 Å². The molecule has 25 heavy (non-hydrogen) atoms. The minimum atomic E-state index is -0.538. The first-order valence-electron chi connectivity index (χ1n) is 7.19. The molecule has 1 aliphatic carbocycles. The van der Waals surface area contributed by atoms with E-state index in [-0.39, 0.29) is 26.8 Å². The van der Waals surface area contributed by atoms with Gasteiger partial charge in [0.05, 0.1) is 16.6 Å². The minimum Gasteiger partial charge on any atom is -0.423 e. The minimum absolute atomic E-state index is 0.0391. The summed E-state index contributed by atoms with van der Waals surface area (Å²) in [5.74, 6) is -0.532. The number of nitrogens with one attached hydrogen (secondary N) is 2. The zero-order chi connectivity index (χ0) is 18.1. The van der Waals surface area contributed by atoms with Gasteiger partial charge in [-0.15, -0.1) is 11.3 Å². The van der Waals surface area contributed by atoms with Gasteiger partial charge < -0.3 is 27.0 Å². The van der Waals surface area contributed by atoms with Gasteiger partial charge in [0, 0.05) is 11.8 Å². The lowest BCUT2D eigenvalue weighted by atomic mass is 10.1. The van der Waals surface area contributed by atoms with E-state index in [9.17, 15) is 9.59 Å². The highest BCUT2D eigenvalue weighted by Crippen LogP contribution is 2.32. The third-order valence-corrected chi connectivity index (χ3v) is 4.70. The summed E-state index contributed by atoms with van der Waals surface area (Å²) in [6.45, 7) is 0. The summed E-state index contributed by atoms with van der Waals surface area (Å²) in [6.07, 6.45) is 2.94. The van der Waals surface area contributed by atoms with Crippen LogP contribution in [0.3, 0.4) is 0 Å². The molecule has 0 aliphatic heterocycles. The number of nitriles is 1. The predicted octanol–water partition coefficient (Wildman–Crippen LogP) is -1.06. The lowest BCUT2D eigenvalue weighted by molar-refractivity contribution is 0.0946. The zero-order valence-electron chi connectivity index (χ0n) is 12.9. The molecule has 1 amide bonds. The summed E-state index contributed by atoms with van der Waals surface area (Å²) < 4.78 is 5.12. The number of nitrogen functional groups attached to an aromatic ring is 3. The van der Waals surface area contributed by atoms with Crippen molar-refractivity contribution in [3.05, 3.63) is 37.6 Å². The van der Waals surface area contributed by atoms with Crippen LogP contribution in [0, 0.1) is 11.3 Å². The second kappa shape index (κ2) is 6.21. The van der Waals surface area contributed by atoms with Crippen LogP contribution in [0.4, 0.5) is 16.4 Å². The van der Waals surface area contributed by atoms with Gasteiger partial charge in [-0.25, -0.2) is 4.79 Å². The van der Waals surface area contributed by atoms with Gasteiger partial charge in [0.1, 0.15) is 26.9 Å². The second-order valence-corrected chi connectivity index (χ2v) is 6.31. The number of hydrogen-bond acceptors (Lipinski definition) is 9. The zero-order valence-corrected chi connectivity index (χ0v) is 13.7. The van der Waals surface area contributed by atoms with E-state index in [0.29, 0.717) is 29.2 Å². The number of anilines is 3. The van der Waals surface area contributed by atoms with E-state index in [1.165, 1.54) is 6.07 Å². The Kier molecular flexibility index (Phi) is 4.08. The number of nitrogens with two attached hydrogens (primary N) is 3. The molecule has 0 bridgehead atoms. The summed E-state index contributed by atoms with van der Waals surface area (Å²) in [4.78, 5) is 23.8. The van der Waals surface area contributed by atoms with Crippen molar-refractivity contribution in [1.29, 1.82) is 5.26 Å². The van der Waals surface area contributed by atoms with E-state index in [1.807, 2.05) is 6.07 Å². The van der Waals surface area contributed by atoms with Gasteiger partial charge in [0.15, 0.2) is 0 Å². The first-order chi connectivity index (χ1) is 11.9. The molecule has 8 N–H and O–H groups in total. The fourth-order valence-electron chi connectivity index (χ4n) is 2.53. The fourth-order valence-corrected chi connectivity index (χ4v) is 3.36. The number of rotatable bonds is 3. The number of carbonyl (C=O) groups is 1. The van der Waals surface area contributed by atoms with Crippen LogP contribution >= 0.6 is 11.3 Å². The molecule has 0 fully saturated rings. The Labute approximate surface area is 145 Å². The number of carbonyl (C=O) groups excluding carboxylic acids is 1. The Morgan fingerprint density at radius 3 is 2.80 bits per heavy atom. The van der Waals surface area contributed by atoms with Gasteiger partial charge >= 0.3 is 5.63 Å². The molecule has 2 aromatic rings. The molecule has 0 aromatic carbocycles. The van der Waals surface area contributed by atoms with Gasteiger partial charge in [0.2, 0.25) is 0 Å². The second-order valence-electron chi connectivity index (χ2n) is 5.26. The molecule has 0 atom stereocenters. The van der Waals surface area contributed by atoms with Crippen molar-refractivity contribution in [2.24, 2.45) is 0 Å². The highest BCUT2D eigenvalue weighted by molar-refractivity contribution is 7.18. The summed E-state index contributed by atoms with van der Waals surface area (Å²) in [5, 5.41) is 9.69. The number of thiophene rings is 1. The maximum absolute atomic E-state index is 12.3. The van der Waals surface area contributed by atoms with Gasteiger partial charge in [0.25, 0.3) is 5.91 Å². The van der Waals surface area contributed by atoms with Gasteiger partial charge in [-0.2, -0.15) is 5.26 Å². The van der Waals surface area contributed by atoms with Gasteiger partial charge in [-0.05, 0) is 18.9 Å². The molecule has 3 rings (SSSR count). The van der Waals surface area contributed by atoms with Crippen LogP contribution in [0.5, 0.6) is 0 Å². The van der Waals surface area contributed by atoms with E-state index in [0.717, 1.165) is 11.3 Å². The molecule has 0 saturated carbocycles. The van der Waals surface area contributed by atoms with E-state index in [1.54, 1.807) is 6.08 Å². The Morgan fingerprint density at radius 2 is 2.12 bits per heavy atom. The molecule has 0 spiro atoms. The van der Waals surface area contributed by atoms with Crippen LogP contribution in [0.2, 0.25) is 0 Å². The van der Waals surface area contributed by atoms with Crippen LogP contribution in [0.25, 0.3) is 11.8 Å². The van der Waals surface area contributed by atoms with Crippen molar-refractivity contribution in [3.63, 3.8) is 0 Å². The third kappa shape index (κ3) is 2.88. The summed E-state index contributed by atoms with van der Waals surface area (Å²) >= 11 is 0.929. The molecule has 0 radical (unpaired) electrons. The number of amides is 1. The quantitative estimate of drug-likeness (QED) is 0.431. The number of fused-ring (bicyclic) bond motifs is 1. The molecule has 128 valence electrons. The molecule has 0 saturated heterocycles. The normalized spacial score (nSPS) is 12.7. The molecule has 2 heterocycles. The first-order valence-corrected chi connectivity index (χ1v) is 8.01. The number of hydrazine groups is 1. The average Bonchev–Trinajstić information content (AvgIpc) is 2.86. The molecule has 0 unspecified atom stereocenters. The van der Waals surface area contributed by atoms with Crippen molar-refractivity contribution in [2.45, 2.75) is 12.8 Å². The SMILES string of the molecule is N#Cc1c(N)sc(C(=O)NNC2=c3c(N)cc(=O)oc3=CCC2)c1N. The smallest absolute Gasteiger partial charge is 0.338 e. The Morgan fingerprint density at radius 1 is 1.36 bits per heavy atom. The molecule has 9 nitrogen and oxygen atoms in total. The average molecular weight is 358 g/mol. The monoisotopic (exact) mass is 358 g/mol. The van der Waals surface area contributed by atoms with Crippen molar-refractivity contribution < 1.29 is 9.21 Å². The topological polar surface area (TPSA) is 173 Å². The Bertz CT molecular complexity index is 1090. The molecular weight excluding hydrogens is 344 g/mol. The van der Waals surface area contributed by atoms with Crippen LogP contribution in [-0.2, 0) is 0 Å². The summed E-state index contributed by atoms with van der Waals surface area (Å²) in [5.41, 5.74) is 23.5. The molecule has 1 aliphatic rings. The van der Waals surface area contributed by atoms with Gasteiger partial charge in [-0.1, -0.05) is 0 Å². The first kappa shape index (κ1) is 16.4. The summed E-state index contributed by atoms with van der Waals surface area (Å²) in [7, 11) is 0. The number of nitrogens with zero attached hydrogens (tertiary/aromatic N) is 1. The van der Waals surface area contributed by atoms with Crippen LogP contribution < -0.4 is 44.3 Å². The maximum atomic E-state index is 12.3. The van der Waals surface area contributed by atoms with E-state index in [2.05, 4.69) is 10.9 Å². The van der Waals surface area contributed by atoms with E-state index >= 15 is 0 Å². The molecular formula is C15H14N6O3S. The largest absolute Gasteiger partial charge is 0.423 e. The Hall–Kier alpha value is -3.45. The lowest BCUT2D eigenvalue weighted by Gasteiger charge is -2.14. The predicted molar refractivity (Wildman–Crippen MR) is 94.2 cm³/mol. The lowest BCUT2D eigenvalue weighted by Crippen LogP contribution is -2.44. The molecule has 2 aromatic heterocycles. The van der Waals surface area contributed by atoms with Crippen LogP contribution in [0.15, 0.2) is 15.3 Å². The van der Waals surface area contributed by atoms with E-state index in [4.69, 9.17) is 26.9 Å². The van der Waals surface area contributed by atoms with Crippen molar-refractivity contribution in [2.75, 3.05) is 17.2 Å².